The average Bonchev–Trinajstić information content (AvgIpc) is 3.15. The van der Waals surface area contributed by atoms with Gasteiger partial charge in [-0.15, -0.1) is 0 Å². The van der Waals surface area contributed by atoms with E-state index in [4.69, 9.17) is 4.74 Å². The highest BCUT2D eigenvalue weighted by molar-refractivity contribution is 5.11. The third-order valence-corrected chi connectivity index (χ3v) is 9.49. The van der Waals surface area contributed by atoms with Crippen molar-refractivity contribution in [1.82, 2.24) is 0 Å². The summed E-state index contributed by atoms with van der Waals surface area (Å²) >= 11 is 0. The van der Waals surface area contributed by atoms with Crippen molar-refractivity contribution < 1.29 is 4.74 Å². The van der Waals surface area contributed by atoms with Gasteiger partial charge in [-0.2, -0.15) is 0 Å². The third kappa shape index (κ3) is 1.97. The summed E-state index contributed by atoms with van der Waals surface area (Å²) in [6.07, 6.45) is 20.1. The maximum Gasteiger partial charge on any atom is 0.112 e. The van der Waals surface area contributed by atoms with E-state index >= 15 is 0 Å². The van der Waals surface area contributed by atoms with Crippen LogP contribution in [0.5, 0.6) is 0 Å². The maximum absolute atomic E-state index is 6.12. The van der Waals surface area contributed by atoms with Crippen molar-refractivity contribution in [3.8, 4) is 0 Å². The predicted octanol–water partition coefficient (Wildman–Crippen LogP) is 6.09. The first-order valence-electron chi connectivity index (χ1n) is 10.4. The SMILES string of the molecule is C[C@@]12CCC[C@H]1[C@@H]1CCC3CC4(CC=CO4)CC[C@]3(C)[C@H]1CC2. The van der Waals surface area contributed by atoms with E-state index in [1.165, 1.54) is 70.6 Å². The molecule has 0 aromatic heterocycles. The topological polar surface area (TPSA) is 9.23 Å². The molecule has 1 heterocycles. The van der Waals surface area contributed by atoms with E-state index in [0.29, 0.717) is 10.8 Å². The maximum atomic E-state index is 6.12. The van der Waals surface area contributed by atoms with Crippen molar-refractivity contribution in [3.05, 3.63) is 12.3 Å². The third-order valence-electron chi connectivity index (χ3n) is 9.49. The number of rotatable bonds is 0. The molecule has 4 saturated carbocycles. The molecule has 7 atom stereocenters. The van der Waals surface area contributed by atoms with Gasteiger partial charge < -0.3 is 4.74 Å². The minimum atomic E-state index is 0.202. The van der Waals surface area contributed by atoms with Gasteiger partial charge in [-0.3, -0.25) is 0 Å². The van der Waals surface area contributed by atoms with Crippen LogP contribution in [0, 0.1) is 34.5 Å². The molecule has 0 aromatic carbocycles. The molecule has 5 aliphatic rings. The molecule has 1 heteroatoms. The van der Waals surface area contributed by atoms with Crippen molar-refractivity contribution >= 4 is 0 Å². The molecule has 23 heavy (non-hydrogen) atoms. The summed E-state index contributed by atoms with van der Waals surface area (Å²) in [7, 11) is 0. The number of hydrogen-bond donors (Lipinski definition) is 0. The standard InChI is InChI=1S/C22H34O/c1-20-9-3-5-18(20)17-7-6-16-15-22(10-4-14-23-22)13-12-21(16,2)19(17)8-11-20/h4,14,16-19H,3,5-13,15H2,1-2H3/t16?,17-,18-,19-,20-,21-,22?/m0/s1. The summed E-state index contributed by atoms with van der Waals surface area (Å²) in [4.78, 5) is 0. The van der Waals surface area contributed by atoms with Gasteiger partial charge >= 0.3 is 0 Å². The van der Waals surface area contributed by atoms with E-state index in [1.54, 1.807) is 0 Å². The minimum Gasteiger partial charge on any atom is -0.495 e. The second-order valence-electron chi connectivity index (χ2n) is 10.3. The number of hydrogen-bond acceptors (Lipinski definition) is 1. The van der Waals surface area contributed by atoms with Crippen LogP contribution in [0.4, 0.5) is 0 Å². The van der Waals surface area contributed by atoms with Crippen LogP contribution in [-0.2, 0) is 4.74 Å². The first-order valence-corrected chi connectivity index (χ1v) is 10.4. The van der Waals surface area contributed by atoms with Gasteiger partial charge in [-0.25, -0.2) is 0 Å². The second kappa shape index (κ2) is 4.79. The van der Waals surface area contributed by atoms with Crippen LogP contribution in [0.3, 0.4) is 0 Å². The Morgan fingerprint density at radius 3 is 2.65 bits per heavy atom. The van der Waals surface area contributed by atoms with E-state index < -0.39 is 0 Å². The van der Waals surface area contributed by atoms with E-state index in [1.807, 2.05) is 6.26 Å². The van der Waals surface area contributed by atoms with Gasteiger partial charge in [0.05, 0.1) is 6.26 Å². The molecule has 128 valence electrons. The Balaban J connectivity index is 1.41. The summed E-state index contributed by atoms with van der Waals surface area (Å²) in [6, 6.07) is 0. The lowest BCUT2D eigenvalue weighted by Gasteiger charge is -2.61. The molecule has 1 spiro atoms. The van der Waals surface area contributed by atoms with Gasteiger partial charge in [0.25, 0.3) is 0 Å². The van der Waals surface area contributed by atoms with Gasteiger partial charge in [0.2, 0.25) is 0 Å². The summed E-state index contributed by atoms with van der Waals surface area (Å²) in [5, 5.41) is 0. The predicted molar refractivity (Wildman–Crippen MR) is 93.9 cm³/mol. The van der Waals surface area contributed by atoms with Gasteiger partial charge in [0.15, 0.2) is 0 Å². The highest BCUT2D eigenvalue weighted by Gasteiger charge is 2.59. The van der Waals surface area contributed by atoms with E-state index in [9.17, 15) is 0 Å². The molecular weight excluding hydrogens is 280 g/mol. The quantitative estimate of drug-likeness (QED) is 0.525. The smallest absolute Gasteiger partial charge is 0.112 e. The molecular formula is C22H34O. The molecule has 0 N–H and O–H groups in total. The minimum absolute atomic E-state index is 0.202. The molecule has 5 rings (SSSR count). The van der Waals surface area contributed by atoms with E-state index in [-0.39, 0.29) is 5.60 Å². The average molecular weight is 315 g/mol. The molecule has 0 saturated heterocycles. The van der Waals surface area contributed by atoms with Crippen LogP contribution in [0.25, 0.3) is 0 Å². The lowest BCUT2D eigenvalue weighted by atomic mass is 9.44. The Kier molecular flexibility index (Phi) is 3.09. The molecule has 4 fully saturated rings. The van der Waals surface area contributed by atoms with Crippen LogP contribution in [0.15, 0.2) is 12.3 Å². The largest absolute Gasteiger partial charge is 0.495 e. The van der Waals surface area contributed by atoms with Gasteiger partial charge in [0.1, 0.15) is 5.60 Å². The fourth-order valence-electron chi connectivity index (χ4n) is 8.10. The van der Waals surface area contributed by atoms with Crippen molar-refractivity contribution in [3.63, 3.8) is 0 Å². The Labute approximate surface area is 142 Å². The first-order chi connectivity index (χ1) is 11.0. The van der Waals surface area contributed by atoms with Gasteiger partial charge in [-0.05, 0) is 98.4 Å². The Hall–Kier alpha value is -0.460. The zero-order chi connectivity index (χ0) is 15.7. The fraction of sp³-hybridized carbons (Fsp3) is 0.909. The molecule has 4 aliphatic carbocycles. The summed E-state index contributed by atoms with van der Waals surface area (Å²) in [6.45, 7) is 5.31. The number of ether oxygens (including phenoxy) is 1. The monoisotopic (exact) mass is 314 g/mol. The molecule has 0 amide bonds. The fourth-order valence-corrected chi connectivity index (χ4v) is 8.10. The van der Waals surface area contributed by atoms with Gasteiger partial charge in [-0.1, -0.05) is 20.3 Å². The zero-order valence-electron chi connectivity index (χ0n) is 15.2. The molecule has 2 unspecified atom stereocenters. The van der Waals surface area contributed by atoms with Crippen LogP contribution in [0.2, 0.25) is 0 Å². The Bertz CT molecular complexity index is 514. The lowest BCUT2D eigenvalue weighted by Crippen LogP contribution is -2.55. The molecule has 1 nitrogen and oxygen atoms in total. The normalized spacial score (nSPS) is 57.7. The second-order valence-corrected chi connectivity index (χ2v) is 10.3. The lowest BCUT2D eigenvalue weighted by molar-refractivity contribution is -0.144. The number of fused-ring (bicyclic) bond motifs is 5. The highest BCUT2D eigenvalue weighted by Crippen LogP contribution is 2.67. The Morgan fingerprint density at radius 2 is 1.83 bits per heavy atom. The van der Waals surface area contributed by atoms with Crippen LogP contribution in [0.1, 0.15) is 84.5 Å². The molecule has 0 bridgehead atoms. The van der Waals surface area contributed by atoms with Crippen molar-refractivity contribution in [2.45, 2.75) is 90.1 Å². The summed E-state index contributed by atoms with van der Waals surface area (Å²) in [5.74, 6) is 4.04. The van der Waals surface area contributed by atoms with Crippen molar-refractivity contribution in [1.29, 1.82) is 0 Å². The van der Waals surface area contributed by atoms with E-state index in [0.717, 1.165) is 23.7 Å². The molecule has 0 aromatic rings. The molecule has 1 aliphatic heterocycles. The molecule has 0 radical (unpaired) electrons. The zero-order valence-corrected chi connectivity index (χ0v) is 15.2. The Morgan fingerprint density at radius 1 is 0.913 bits per heavy atom. The van der Waals surface area contributed by atoms with Crippen molar-refractivity contribution in [2.24, 2.45) is 34.5 Å². The van der Waals surface area contributed by atoms with E-state index in [2.05, 4.69) is 19.9 Å². The first kappa shape index (κ1) is 14.8. The van der Waals surface area contributed by atoms with Crippen LogP contribution in [-0.4, -0.2) is 5.60 Å². The van der Waals surface area contributed by atoms with Crippen LogP contribution < -0.4 is 0 Å². The van der Waals surface area contributed by atoms with Gasteiger partial charge in [0, 0.05) is 6.42 Å². The highest BCUT2D eigenvalue weighted by atomic mass is 16.5. The van der Waals surface area contributed by atoms with Crippen LogP contribution >= 0.6 is 0 Å². The van der Waals surface area contributed by atoms with Crippen molar-refractivity contribution in [2.75, 3.05) is 0 Å². The summed E-state index contributed by atoms with van der Waals surface area (Å²) in [5.41, 5.74) is 1.52. The summed E-state index contributed by atoms with van der Waals surface area (Å²) < 4.78 is 6.12.